The van der Waals surface area contributed by atoms with Gasteiger partial charge >= 0.3 is 0 Å². The first-order valence-electron chi connectivity index (χ1n) is 6.16. The summed E-state index contributed by atoms with van der Waals surface area (Å²) in [7, 11) is 0. The lowest BCUT2D eigenvalue weighted by Gasteiger charge is -2.17. The molecule has 0 spiro atoms. The van der Waals surface area contributed by atoms with Gasteiger partial charge in [0, 0.05) is 5.02 Å². The van der Waals surface area contributed by atoms with Crippen LogP contribution in [0.1, 0.15) is 44.2 Å². The number of halogens is 1. The summed E-state index contributed by atoms with van der Waals surface area (Å²) < 4.78 is 5.79. The zero-order valence-corrected chi connectivity index (χ0v) is 11.7. The largest absolute Gasteiger partial charge is 0.493 e. The van der Waals surface area contributed by atoms with Crippen LogP contribution in [-0.4, -0.2) is 6.61 Å². The smallest absolute Gasteiger partial charge is 0.126 e. The first-order chi connectivity index (χ1) is 8.10. The third kappa shape index (κ3) is 3.78. The van der Waals surface area contributed by atoms with Gasteiger partial charge in [0.05, 0.1) is 6.61 Å². The third-order valence-corrected chi connectivity index (χ3v) is 2.91. The van der Waals surface area contributed by atoms with E-state index in [1.54, 1.807) is 0 Å². The maximum Gasteiger partial charge on any atom is 0.126 e. The van der Waals surface area contributed by atoms with E-state index in [1.807, 2.05) is 25.1 Å². The molecule has 1 aromatic rings. The summed E-state index contributed by atoms with van der Waals surface area (Å²) >= 11 is 6.16. The Morgan fingerprint density at radius 3 is 2.65 bits per heavy atom. The van der Waals surface area contributed by atoms with Crippen molar-refractivity contribution in [2.45, 2.75) is 39.5 Å². The van der Waals surface area contributed by atoms with Gasteiger partial charge in [-0.25, -0.2) is 0 Å². The molecule has 0 fully saturated rings. The van der Waals surface area contributed by atoms with Crippen molar-refractivity contribution in [3.8, 4) is 5.75 Å². The molecule has 0 aromatic heterocycles. The highest BCUT2D eigenvalue weighted by atomic mass is 35.5. The minimum atomic E-state index is 0.415. The van der Waals surface area contributed by atoms with Crippen LogP contribution in [0, 0.1) is 0 Å². The Morgan fingerprint density at radius 2 is 2.12 bits per heavy atom. The van der Waals surface area contributed by atoms with Crippen LogP contribution in [-0.2, 0) is 6.42 Å². The zero-order valence-electron chi connectivity index (χ0n) is 10.9. The highest BCUT2D eigenvalue weighted by molar-refractivity contribution is 6.30. The van der Waals surface area contributed by atoms with Gasteiger partial charge in [-0.3, -0.25) is 0 Å². The Labute approximate surface area is 109 Å². The van der Waals surface area contributed by atoms with E-state index in [0.717, 1.165) is 23.6 Å². The Balaban J connectivity index is 3.19. The SMILES string of the molecule is C=CCCc1cc(Cl)cc(C(C)C)c1OCC. The normalized spacial score (nSPS) is 10.6. The minimum absolute atomic E-state index is 0.415. The van der Waals surface area contributed by atoms with Gasteiger partial charge in [-0.15, -0.1) is 6.58 Å². The fourth-order valence-electron chi connectivity index (χ4n) is 1.87. The topological polar surface area (TPSA) is 9.23 Å². The fourth-order valence-corrected chi connectivity index (χ4v) is 2.11. The number of allylic oxidation sites excluding steroid dienone is 1. The van der Waals surface area contributed by atoms with E-state index < -0.39 is 0 Å². The highest BCUT2D eigenvalue weighted by Gasteiger charge is 2.13. The van der Waals surface area contributed by atoms with Crippen LogP contribution in [0.4, 0.5) is 0 Å². The van der Waals surface area contributed by atoms with E-state index in [2.05, 4.69) is 20.4 Å². The molecule has 0 N–H and O–H groups in total. The molecule has 17 heavy (non-hydrogen) atoms. The molecule has 0 amide bonds. The number of hydrogen-bond donors (Lipinski definition) is 0. The molecule has 0 aliphatic heterocycles. The number of hydrogen-bond acceptors (Lipinski definition) is 1. The molecular weight excluding hydrogens is 232 g/mol. The standard InChI is InChI=1S/C15H21ClO/c1-5-7-8-12-9-13(16)10-14(11(3)4)15(12)17-6-2/h5,9-11H,1,6-8H2,2-4H3. The first-order valence-corrected chi connectivity index (χ1v) is 6.53. The molecule has 0 aliphatic rings. The number of ether oxygens (including phenoxy) is 1. The van der Waals surface area contributed by atoms with Crippen molar-refractivity contribution in [1.82, 2.24) is 0 Å². The minimum Gasteiger partial charge on any atom is -0.493 e. The molecule has 0 unspecified atom stereocenters. The monoisotopic (exact) mass is 252 g/mol. The lowest BCUT2D eigenvalue weighted by Crippen LogP contribution is -2.02. The molecular formula is C15H21ClO. The average molecular weight is 253 g/mol. The van der Waals surface area contributed by atoms with Crippen molar-refractivity contribution in [2.75, 3.05) is 6.61 Å². The van der Waals surface area contributed by atoms with E-state index in [1.165, 1.54) is 11.1 Å². The molecule has 0 atom stereocenters. The van der Waals surface area contributed by atoms with Gasteiger partial charge in [0.25, 0.3) is 0 Å². The van der Waals surface area contributed by atoms with Gasteiger partial charge in [0.15, 0.2) is 0 Å². The second kappa shape index (κ2) is 6.70. The molecule has 0 radical (unpaired) electrons. The van der Waals surface area contributed by atoms with Gasteiger partial charge < -0.3 is 4.74 Å². The lowest BCUT2D eigenvalue weighted by atomic mass is 9.97. The second-order valence-corrected chi connectivity index (χ2v) is 4.83. The molecule has 0 saturated carbocycles. The third-order valence-electron chi connectivity index (χ3n) is 2.69. The van der Waals surface area contributed by atoms with Crippen molar-refractivity contribution >= 4 is 11.6 Å². The van der Waals surface area contributed by atoms with E-state index in [-0.39, 0.29) is 0 Å². The molecule has 0 heterocycles. The van der Waals surface area contributed by atoms with Crippen molar-refractivity contribution < 1.29 is 4.74 Å². The molecule has 2 heteroatoms. The number of rotatable bonds is 6. The molecule has 0 bridgehead atoms. The van der Waals surface area contributed by atoms with Crippen LogP contribution >= 0.6 is 11.6 Å². The number of benzene rings is 1. The summed E-state index contributed by atoms with van der Waals surface area (Å²) in [4.78, 5) is 0. The Kier molecular flexibility index (Phi) is 5.57. The van der Waals surface area contributed by atoms with Crippen LogP contribution in [0.25, 0.3) is 0 Å². The summed E-state index contributed by atoms with van der Waals surface area (Å²) in [5.41, 5.74) is 2.38. The maximum absolute atomic E-state index is 6.16. The predicted molar refractivity (Wildman–Crippen MR) is 75.2 cm³/mol. The predicted octanol–water partition coefficient (Wildman–Crippen LogP) is 4.98. The van der Waals surface area contributed by atoms with E-state index in [9.17, 15) is 0 Å². The Morgan fingerprint density at radius 1 is 1.41 bits per heavy atom. The van der Waals surface area contributed by atoms with Gasteiger partial charge in [-0.05, 0) is 48.9 Å². The van der Waals surface area contributed by atoms with Crippen molar-refractivity contribution in [3.63, 3.8) is 0 Å². The summed E-state index contributed by atoms with van der Waals surface area (Å²) in [6.45, 7) is 10.8. The van der Waals surface area contributed by atoms with Crippen LogP contribution in [0.2, 0.25) is 5.02 Å². The summed E-state index contributed by atoms with van der Waals surface area (Å²) in [6, 6.07) is 4.01. The van der Waals surface area contributed by atoms with Crippen LogP contribution in [0.5, 0.6) is 5.75 Å². The Bertz CT molecular complexity index is 383. The van der Waals surface area contributed by atoms with Crippen LogP contribution in [0.3, 0.4) is 0 Å². The second-order valence-electron chi connectivity index (χ2n) is 4.40. The molecule has 94 valence electrons. The van der Waals surface area contributed by atoms with E-state index in [0.29, 0.717) is 12.5 Å². The highest BCUT2D eigenvalue weighted by Crippen LogP contribution is 2.34. The van der Waals surface area contributed by atoms with Gasteiger partial charge in [-0.2, -0.15) is 0 Å². The molecule has 0 saturated heterocycles. The van der Waals surface area contributed by atoms with Gasteiger partial charge in [0.2, 0.25) is 0 Å². The molecule has 1 aromatic carbocycles. The maximum atomic E-state index is 6.16. The number of aryl methyl sites for hydroxylation is 1. The molecule has 0 aliphatic carbocycles. The van der Waals surface area contributed by atoms with E-state index >= 15 is 0 Å². The van der Waals surface area contributed by atoms with Gasteiger partial charge in [-0.1, -0.05) is 31.5 Å². The first kappa shape index (κ1) is 14.1. The van der Waals surface area contributed by atoms with Crippen molar-refractivity contribution in [2.24, 2.45) is 0 Å². The molecule has 1 nitrogen and oxygen atoms in total. The Hall–Kier alpha value is -0.950. The average Bonchev–Trinajstić information content (AvgIpc) is 2.28. The van der Waals surface area contributed by atoms with Gasteiger partial charge in [0.1, 0.15) is 5.75 Å². The zero-order chi connectivity index (χ0) is 12.8. The van der Waals surface area contributed by atoms with Crippen LogP contribution in [0.15, 0.2) is 24.8 Å². The van der Waals surface area contributed by atoms with Crippen molar-refractivity contribution in [1.29, 1.82) is 0 Å². The quantitative estimate of drug-likeness (QED) is 0.649. The van der Waals surface area contributed by atoms with Crippen molar-refractivity contribution in [3.05, 3.63) is 40.9 Å². The summed E-state index contributed by atoms with van der Waals surface area (Å²) in [6.07, 6.45) is 3.79. The summed E-state index contributed by atoms with van der Waals surface area (Å²) in [5, 5.41) is 0.788. The van der Waals surface area contributed by atoms with E-state index in [4.69, 9.17) is 16.3 Å². The lowest BCUT2D eigenvalue weighted by molar-refractivity contribution is 0.331. The summed E-state index contributed by atoms with van der Waals surface area (Å²) in [5.74, 6) is 1.42. The van der Waals surface area contributed by atoms with Crippen LogP contribution < -0.4 is 4.74 Å². The fraction of sp³-hybridized carbons (Fsp3) is 0.467. The molecule has 1 rings (SSSR count).